The number of amides is 2. The van der Waals surface area contributed by atoms with Crippen molar-refractivity contribution in [3.05, 3.63) is 105 Å². The van der Waals surface area contributed by atoms with Gasteiger partial charge in [-0.3, -0.25) is 9.59 Å². The monoisotopic (exact) mass is 556 g/mol. The van der Waals surface area contributed by atoms with Gasteiger partial charge in [-0.1, -0.05) is 103 Å². The normalized spacial score (nSPS) is 11.7. The second-order valence-electron chi connectivity index (χ2n) is 9.09. The number of benzene rings is 3. The Hall–Kier alpha value is -2.47. The lowest BCUT2D eigenvalue weighted by Crippen LogP contribution is -2.51. The van der Waals surface area contributed by atoms with E-state index in [-0.39, 0.29) is 17.6 Å². The zero-order chi connectivity index (χ0) is 26.6. The van der Waals surface area contributed by atoms with E-state index in [9.17, 15) is 9.59 Å². The summed E-state index contributed by atoms with van der Waals surface area (Å²) >= 11 is 13.8. The van der Waals surface area contributed by atoms with Crippen LogP contribution >= 0.6 is 35.0 Å². The summed E-state index contributed by atoms with van der Waals surface area (Å²) in [5.74, 6) is 0.607. The van der Waals surface area contributed by atoms with Gasteiger partial charge in [0.05, 0.1) is 5.75 Å². The van der Waals surface area contributed by atoms with E-state index in [0.717, 1.165) is 35.1 Å². The molecule has 0 saturated heterocycles. The van der Waals surface area contributed by atoms with E-state index in [1.165, 1.54) is 11.8 Å². The molecule has 0 spiro atoms. The van der Waals surface area contributed by atoms with E-state index >= 15 is 0 Å². The molecule has 0 aliphatic rings. The molecule has 3 aromatic rings. The van der Waals surface area contributed by atoms with Gasteiger partial charge in [0.2, 0.25) is 11.8 Å². The first-order valence-electron chi connectivity index (χ1n) is 12.6. The molecule has 2 amide bonds. The fourth-order valence-corrected chi connectivity index (χ4v) is 5.39. The number of carbonyl (C=O) groups is 2. The van der Waals surface area contributed by atoms with Gasteiger partial charge in [-0.15, -0.1) is 11.8 Å². The van der Waals surface area contributed by atoms with Crippen LogP contribution in [0.2, 0.25) is 10.0 Å². The summed E-state index contributed by atoms with van der Waals surface area (Å²) < 4.78 is 0. The second-order valence-corrected chi connectivity index (χ2v) is 10.9. The van der Waals surface area contributed by atoms with E-state index in [4.69, 9.17) is 23.2 Å². The summed E-state index contributed by atoms with van der Waals surface area (Å²) in [6.07, 6.45) is 2.33. The highest BCUT2D eigenvalue weighted by atomic mass is 35.5. The third kappa shape index (κ3) is 9.41. The zero-order valence-corrected chi connectivity index (χ0v) is 23.7. The molecule has 0 aromatic heterocycles. The van der Waals surface area contributed by atoms with Crippen molar-refractivity contribution in [1.29, 1.82) is 0 Å². The smallest absolute Gasteiger partial charge is 0.243 e. The SMILES string of the molecule is CCCCNC(=O)[C@H](Cc1ccccc1)N(Cc1ccc(C)cc1)C(=O)CSCc1ccc(Cl)cc1Cl. The number of unbranched alkanes of at least 4 members (excludes halogenated alkanes) is 1. The van der Waals surface area contributed by atoms with Crippen LogP contribution < -0.4 is 5.32 Å². The topological polar surface area (TPSA) is 49.4 Å². The maximum atomic E-state index is 13.7. The molecule has 3 rings (SSSR count). The lowest BCUT2D eigenvalue weighted by atomic mass is 10.0. The number of carbonyl (C=O) groups excluding carboxylic acids is 2. The number of hydrogen-bond donors (Lipinski definition) is 1. The van der Waals surface area contributed by atoms with E-state index < -0.39 is 6.04 Å². The molecule has 0 aliphatic heterocycles. The van der Waals surface area contributed by atoms with Crippen LogP contribution in [0.25, 0.3) is 0 Å². The molecular formula is C30H34Cl2N2O2S. The van der Waals surface area contributed by atoms with Crippen LogP contribution in [0.5, 0.6) is 0 Å². The second kappa shape index (κ2) is 15.1. The largest absolute Gasteiger partial charge is 0.354 e. The van der Waals surface area contributed by atoms with Crippen molar-refractivity contribution >= 4 is 46.8 Å². The highest BCUT2D eigenvalue weighted by molar-refractivity contribution is 7.99. The molecule has 0 heterocycles. The van der Waals surface area contributed by atoms with Crippen molar-refractivity contribution in [3.8, 4) is 0 Å². The van der Waals surface area contributed by atoms with Crippen LogP contribution in [0.3, 0.4) is 0 Å². The van der Waals surface area contributed by atoms with E-state index in [2.05, 4.69) is 12.2 Å². The van der Waals surface area contributed by atoms with Gasteiger partial charge >= 0.3 is 0 Å². The maximum Gasteiger partial charge on any atom is 0.243 e. The molecule has 1 atom stereocenters. The summed E-state index contributed by atoms with van der Waals surface area (Å²) in [7, 11) is 0. The Bertz CT molecular complexity index is 1160. The Labute approximate surface area is 234 Å². The minimum absolute atomic E-state index is 0.0813. The number of halogens is 2. The minimum atomic E-state index is -0.618. The fourth-order valence-electron chi connectivity index (χ4n) is 3.92. The van der Waals surface area contributed by atoms with Crippen molar-refractivity contribution in [2.75, 3.05) is 12.3 Å². The standard InChI is InChI=1S/C30H34Cl2N2O2S/c1-3-4-16-33-30(36)28(17-23-8-6-5-7-9-23)34(19-24-12-10-22(2)11-13-24)29(35)21-37-20-25-14-15-26(31)18-27(25)32/h5-15,18,28H,3-4,16-17,19-21H2,1-2H3,(H,33,36)/t28-/m0/s1. The van der Waals surface area contributed by atoms with Crippen LogP contribution in [0.1, 0.15) is 42.0 Å². The summed E-state index contributed by atoms with van der Waals surface area (Å²) in [6, 6.07) is 22.7. The van der Waals surface area contributed by atoms with Gasteiger partial charge in [0.1, 0.15) is 6.04 Å². The Morgan fingerprint density at radius 1 is 0.973 bits per heavy atom. The van der Waals surface area contributed by atoms with E-state index in [1.54, 1.807) is 17.0 Å². The molecular weight excluding hydrogens is 523 g/mol. The van der Waals surface area contributed by atoms with Crippen molar-refractivity contribution in [1.82, 2.24) is 10.2 Å². The van der Waals surface area contributed by atoms with Crippen LogP contribution in [-0.2, 0) is 28.3 Å². The van der Waals surface area contributed by atoms with Crippen molar-refractivity contribution in [2.24, 2.45) is 0 Å². The number of thioether (sulfide) groups is 1. The average molecular weight is 558 g/mol. The predicted octanol–water partition coefficient (Wildman–Crippen LogP) is 7.09. The van der Waals surface area contributed by atoms with E-state index in [1.807, 2.05) is 67.6 Å². The lowest BCUT2D eigenvalue weighted by Gasteiger charge is -2.31. The molecule has 0 fully saturated rings. The molecule has 0 saturated carbocycles. The van der Waals surface area contributed by atoms with Gasteiger partial charge in [0.15, 0.2) is 0 Å². The molecule has 0 bridgehead atoms. The molecule has 0 radical (unpaired) electrons. The van der Waals surface area contributed by atoms with E-state index in [0.29, 0.717) is 35.3 Å². The highest BCUT2D eigenvalue weighted by Gasteiger charge is 2.30. The van der Waals surface area contributed by atoms with Gasteiger partial charge in [-0.25, -0.2) is 0 Å². The molecule has 196 valence electrons. The number of aryl methyl sites for hydroxylation is 1. The van der Waals surface area contributed by atoms with Crippen LogP contribution in [0.4, 0.5) is 0 Å². The van der Waals surface area contributed by atoms with Gasteiger partial charge in [0.25, 0.3) is 0 Å². The first-order chi connectivity index (χ1) is 17.9. The van der Waals surface area contributed by atoms with Crippen LogP contribution in [0.15, 0.2) is 72.8 Å². The van der Waals surface area contributed by atoms with Gasteiger partial charge in [0, 0.05) is 35.3 Å². The number of nitrogens with zero attached hydrogens (tertiary/aromatic N) is 1. The van der Waals surface area contributed by atoms with Crippen molar-refractivity contribution in [3.63, 3.8) is 0 Å². The quantitative estimate of drug-likeness (QED) is 0.228. The Balaban J connectivity index is 1.83. The zero-order valence-electron chi connectivity index (χ0n) is 21.4. The lowest BCUT2D eigenvalue weighted by molar-refractivity contribution is -0.139. The first-order valence-corrected chi connectivity index (χ1v) is 14.5. The maximum absolute atomic E-state index is 13.7. The third-order valence-electron chi connectivity index (χ3n) is 6.07. The number of hydrogen-bond acceptors (Lipinski definition) is 3. The highest BCUT2D eigenvalue weighted by Crippen LogP contribution is 2.25. The number of nitrogens with one attached hydrogen (secondary N) is 1. The fraction of sp³-hybridized carbons (Fsp3) is 0.333. The Morgan fingerprint density at radius 3 is 2.38 bits per heavy atom. The molecule has 37 heavy (non-hydrogen) atoms. The van der Waals surface area contributed by atoms with Crippen LogP contribution in [-0.4, -0.2) is 35.1 Å². The molecule has 7 heteroatoms. The van der Waals surface area contributed by atoms with Gasteiger partial charge < -0.3 is 10.2 Å². The summed E-state index contributed by atoms with van der Waals surface area (Å²) in [4.78, 5) is 28.9. The number of rotatable bonds is 13. The summed E-state index contributed by atoms with van der Waals surface area (Å²) in [5, 5.41) is 4.22. The summed E-state index contributed by atoms with van der Waals surface area (Å²) in [5.41, 5.74) is 4.08. The minimum Gasteiger partial charge on any atom is -0.354 e. The Kier molecular flexibility index (Phi) is 11.8. The average Bonchev–Trinajstić information content (AvgIpc) is 2.89. The molecule has 1 N–H and O–H groups in total. The first kappa shape index (κ1) is 29.1. The van der Waals surface area contributed by atoms with Gasteiger partial charge in [-0.2, -0.15) is 0 Å². The summed E-state index contributed by atoms with van der Waals surface area (Å²) in [6.45, 7) is 5.08. The molecule has 0 aliphatic carbocycles. The van der Waals surface area contributed by atoms with Crippen molar-refractivity contribution in [2.45, 2.75) is 51.4 Å². The third-order valence-corrected chi connectivity index (χ3v) is 7.63. The van der Waals surface area contributed by atoms with Crippen LogP contribution in [0, 0.1) is 6.92 Å². The van der Waals surface area contributed by atoms with Gasteiger partial charge in [-0.05, 0) is 42.2 Å². The predicted molar refractivity (Wildman–Crippen MR) is 156 cm³/mol. The molecule has 3 aromatic carbocycles. The molecule has 0 unspecified atom stereocenters. The van der Waals surface area contributed by atoms with Crippen molar-refractivity contribution < 1.29 is 9.59 Å². The molecule has 4 nitrogen and oxygen atoms in total. The Morgan fingerprint density at radius 2 is 1.70 bits per heavy atom.